The van der Waals surface area contributed by atoms with Crippen molar-refractivity contribution in [2.45, 2.75) is 50.9 Å². The van der Waals surface area contributed by atoms with E-state index in [9.17, 15) is 18.0 Å². The molecule has 24 heavy (non-hydrogen) atoms. The van der Waals surface area contributed by atoms with Crippen LogP contribution in [0.3, 0.4) is 0 Å². The van der Waals surface area contributed by atoms with Gasteiger partial charge in [0.25, 0.3) is 0 Å². The lowest BCUT2D eigenvalue weighted by atomic mass is 10.0. The molecule has 2 fully saturated rings. The van der Waals surface area contributed by atoms with E-state index in [4.69, 9.17) is 0 Å². The van der Waals surface area contributed by atoms with E-state index in [0.29, 0.717) is 12.5 Å². The number of halogens is 3. The normalized spacial score (nSPS) is 27.5. The van der Waals surface area contributed by atoms with Crippen molar-refractivity contribution in [2.24, 2.45) is 5.92 Å². The number of alkyl halides is 3. The van der Waals surface area contributed by atoms with Gasteiger partial charge in [-0.1, -0.05) is 18.2 Å². The number of benzene rings is 1. The third kappa shape index (κ3) is 3.58. The molecule has 1 saturated carbocycles. The fourth-order valence-corrected chi connectivity index (χ4v) is 3.59. The molecular formula is C18H23F3N2O. The Hall–Kier alpha value is -1.56. The smallest absolute Gasteiger partial charge is 0.352 e. The Morgan fingerprint density at radius 3 is 2.62 bits per heavy atom. The van der Waals surface area contributed by atoms with Crippen LogP contribution in [0.25, 0.3) is 0 Å². The van der Waals surface area contributed by atoms with Gasteiger partial charge in [0, 0.05) is 31.1 Å². The summed E-state index contributed by atoms with van der Waals surface area (Å²) in [5.41, 5.74) is -0.363. The molecule has 3 nitrogen and oxygen atoms in total. The van der Waals surface area contributed by atoms with Gasteiger partial charge in [-0.3, -0.25) is 9.69 Å². The highest BCUT2D eigenvalue weighted by atomic mass is 19.4. The number of nitrogens with zero attached hydrogens (tertiary/aromatic N) is 1. The molecule has 3 rings (SSSR count). The zero-order chi connectivity index (χ0) is 17.5. The Morgan fingerprint density at radius 1 is 1.29 bits per heavy atom. The number of likely N-dealkylation sites (tertiary alicyclic amines) is 1. The number of amides is 1. The Morgan fingerprint density at radius 2 is 2.00 bits per heavy atom. The molecule has 1 aliphatic heterocycles. The van der Waals surface area contributed by atoms with Gasteiger partial charge in [0.1, 0.15) is 0 Å². The fourth-order valence-electron chi connectivity index (χ4n) is 3.59. The predicted octanol–water partition coefficient (Wildman–Crippen LogP) is 3.41. The molecule has 1 aromatic carbocycles. The van der Waals surface area contributed by atoms with Gasteiger partial charge in [0.2, 0.25) is 5.91 Å². The fraction of sp³-hybridized carbons (Fsp3) is 0.611. The SMILES string of the molecule is CC(C)N1CCC(NC(=O)C2CC2c2ccccc2C(F)(F)F)C1. The molecule has 1 amide bonds. The van der Waals surface area contributed by atoms with Crippen LogP contribution in [0.5, 0.6) is 0 Å². The third-order valence-electron chi connectivity index (χ3n) is 5.09. The summed E-state index contributed by atoms with van der Waals surface area (Å²) in [4.78, 5) is 14.7. The number of hydrogen-bond acceptors (Lipinski definition) is 2. The van der Waals surface area contributed by atoms with E-state index in [1.54, 1.807) is 6.07 Å². The number of rotatable bonds is 4. The second kappa shape index (κ2) is 6.39. The van der Waals surface area contributed by atoms with Crippen LogP contribution in [-0.4, -0.2) is 36.0 Å². The molecule has 1 N–H and O–H groups in total. The Kier molecular flexibility index (Phi) is 4.60. The standard InChI is InChI=1S/C18H23F3N2O/c1-11(2)23-8-7-12(10-23)22-17(24)15-9-14(15)13-5-3-4-6-16(13)18(19,20)21/h3-6,11-12,14-15H,7-10H2,1-2H3,(H,22,24). The lowest BCUT2D eigenvalue weighted by Gasteiger charge is -2.20. The van der Waals surface area contributed by atoms with E-state index in [2.05, 4.69) is 24.1 Å². The van der Waals surface area contributed by atoms with Crippen molar-refractivity contribution in [3.63, 3.8) is 0 Å². The molecule has 2 aliphatic rings. The lowest BCUT2D eigenvalue weighted by Crippen LogP contribution is -2.39. The van der Waals surface area contributed by atoms with Crippen LogP contribution in [0.4, 0.5) is 13.2 Å². The van der Waals surface area contributed by atoms with Crippen LogP contribution in [0.2, 0.25) is 0 Å². The minimum Gasteiger partial charge on any atom is -0.352 e. The third-order valence-corrected chi connectivity index (χ3v) is 5.09. The molecule has 3 atom stereocenters. The van der Waals surface area contributed by atoms with Crippen molar-refractivity contribution in [3.8, 4) is 0 Å². The summed E-state index contributed by atoms with van der Waals surface area (Å²) >= 11 is 0. The molecule has 1 aromatic rings. The molecule has 0 aromatic heterocycles. The molecular weight excluding hydrogens is 317 g/mol. The van der Waals surface area contributed by atoms with E-state index in [1.807, 2.05) is 0 Å². The van der Waals surface area contributed by atoms with Crippen molar-refractivity contribution in [1.29, 1.82) is 0 Å². The maximum absolute atomic E-state index is 13.1. The molecule has 1 heterocycles. The van der Waals surface area contributed by atoms with Crippen LogP contribution in [0.15, 0.2) is 24.3 Å². The van der Waals surface area contributed by atoms with E-state index < -0.39 is 11.7 Å². The van der Waals surface area contributed by atoms with Crippen molar-refractivity contribution in [3.05, 3.63) is 35.4 Å². The van der Waals surface area contributed by atoms with Gasteiger partial charge in [-0.05, 0) is 44.2 Å². The van der Waals surface area contributed by atoms with Gasteiger partial charge >= 0.3 is 6.18 Å². The number of hydrogen-bond donors (Lipinski definition) is 1. The van der Waals surface area contributed by atoms with E-state index in [1.165, 1.54) is 12.1 Å². The molecule has 1 saturated heterocycles. The number of carbonyl (C=O) groups is 1. The molecule has 0 bridgehead atoms. The summed E-state index contributed by atoms with van der Waals surface area (Å²) in [5, 5.41) is 3.02. The topological polar surface area (TPSA) is 32.3 Å². The summed E-state index contributed by atoms with van der Waals surface area (Å²) in [6.07, 6.45) is -2.97. The zero-order valence-electron chi connectivity index (χ0n) is 13.9. The van der Waals surface area contributed by atoms with E-state index in [-0.39, 0.29) is 29.3 Å². The summed E-state index contributed by atoms with van der Waals surface area (Å²) in [7, 11) is 0. The van der Waals surface area contributed by atoms with Crippen LogP contribution in [-0.2, 0) is 11.0 Å². The first-order valence-electron chi connectivity index (χ1n) is 8.48. The van der Waals surface area contributed by atoms with Crippen LogP contribution < -0.4 is 5.32 Å². The van der Waals surface area contributed by atoms with Gasteiger partial charge in [0.05, 0.1) is 5.56 Å². The Labute approximate surface area is 140 Å². The van der Waals surface area contributed by atoms with Gasteiger partial charge in [0.15, 0.2) is 0 Å². The largest absolute Gasteiger partial charge is 0.416 e. The van der Waals surface area contributed by atoms with Crippen LogP contribution in [0, 0.1) is 5.92 Å². The maximum atomic E-state index is 13.1. The first kappa shape index (κ1) is 17.3. The quantitative estimate of drug-likeness (QED) is 0.911. The Bertz CT molecular complexity index is 615. The van der Waals surface area contributed by atoms with Crippen LogP contribution >= 0.6 is 0 Å². The molecule has 3 unspecified atom stereocenters. The molecule has 6 heteroatoms. The Balaban J connectivity index is 1.61. The molecule has 1 aliphatic carbocycles. The number of carbonyl (C=O) groups excluding carboxylic acids is 1. The van der Waals surface area contributed by atoms with Crippen molar-refractivity contribution >= 4 is 5.91 Å². The lowest BCUT2D eigenvalue weighted by molar-refractivity contribution is -0.138. The number of nitrogens with one attached hydrogen (secondary N) is 1. The highest BCUT2D eigenvalue weighted by Gasteiger charge is 2.48. The predicted molar refractivity (Wildman–Crippen MR) is 85.5 cm³/mol. The highest BCUT2D eigenvalue weighted by Crippen LogP contribution is 2.51. The van der Waals surface area contributed by atoms with Crippen LogP contribution in [0.1, 0.15) is 43.7 Å². The van der Waals surface area contributed by atoms with Crippen molar-refractivity contribution in [2.75, 3.05) is 13.1 Å². The van der Waals surface area contributed by atoms with Gasteiger partial charge in [-0.2, -0.15) is 13.2 Å². The summed E-state index contributed by atoms with van der Waals surface area (Å²) in [6.45, 7) is 6.01. The molecule has 0 radical (unpaired) electrons. The van der Waals surface area contributed by atoms with Crippen molar-refractivity contribution in [1.82, 2.24) is 10.2 Å². The van der Waals surface area contributed by atoms with Crippen molar-refractivity contribution < 1.29 is 18.0 Å². The average molecular weight is 340 g/mol. The minimum absolute atomic E-state index is 0.104. The molecule has 132 valence electrons. The zero-order valence-corrected chi connectivity index (χ0v) is 13.9. The van der Waals surface area contributed by atoms with Gasteiger partial charge in [-0.25, -0.2) is 0 Å². The van der Waals surface area contributed by atoms with E-state index >= 15 is 0 Å². The first-order valence-corrected chi connectivity index (χ1v) is 8.48. The monoisotopic (exact) mass is 340 g/mol. The highest BCUT2D eigenvalue weighted by molar-refractivity contribution is 5.83. The second-order valence-corrected chi connectivity index (χ2v) is 7.12. The summed E-state index contributed by atoms with van der Waals surface area (Å²) in [6, 6.07) is 6.15. The average Bonchev–Trinajstić information content (AvgIpc) is 3.18. The van der Waals surface area contributed by atoms with Gasteiger partial charge in [-0.15, -0.1) is 0 Å². The minimum atomic E-state index is -4.37. The van der Waals surface area contributed by atoms with Gasteiger partial charge < -0.3 is 5.32 Å². The maximum Gasteiger partial charge on any atom is 0.416 e. The second-order valence-electron chi connectivity index (χ2n) is 7.12. The molecule has 0 spiro atoms. The summed E-state index contributed by atoms with van der Waals surface area (Å²) < 4.78 is 39.3. The summed E-state index contributed by atoms with van der Waals surface area (Å²) in [5.74, 6) is -0.750. The van der Waals surface area contributed by atoms with E-state index in [0.717, 1.165) is 25.6 Å². The first-order chi connectivity index (χ1) is 11.3.